The summed E-state index contributed by atoms with van der Waals surface area (Å²) in [6.45, 7) is 2.76. The van der Waals surface area contributed by atoms with Gasteiger partial charge in [0.25, 0.3) is 0 Å². The largest absolute Gasteiger partial charge is 0.381 e. The Labute approximate surface area is 105 Å². The van der Waals surface area contributed by atoms with Crippen LogP contribution in [0.4, 0.5) is 5.69 Å². The van der Waals surface area contributed by atoms with E-state index in [2.05, 4.69) is 32.6 Å². The zero-order chi connectivity index (χ0) is 12.4. The van der Waals surface area contributed by atoms with Gasteiger partial charge in [-0.2, -0.15) is 5.10 Å². The predicted molar refractivity (Wildman–Crippen MR) is 72.4 cm³/mol. The highest BCUT2D eigenvalue weighted by molar-refractivity contribution is 5.81. The lowest BCUT2D eigenvalue weighted by atomic mass is 10.2. The van der Waals surface area contributed by atoms with Crippen LogP contribution in [-0.4, -0.2) is 15.2 Å². The van der Waals surface area contributed by atoms with Gasteiger partial charge in [0, 0.05) is 29.5 Å². The van der Waals surface area contributed by atoms with E-state index in [1.165, 1.54) is 5.56 Å². The Bertz CT molecular complexity index is 655. The van der Waals surface area contributed by atoms with Crippen molar-refractivity contribution in [1.29, 1.82) is 0 Å². The predicted octanol–water partition coefficient (Wildman–Crippen LogP) is 2.88. The van der Waals surface area contributed by atoms with Gasteiger partial charge in [-0.15, -0.1) is 0 Å². The minimum absolute atomic E-state index is 0.774. The van der Waals surface area contributed by atoms with Crippen LogP contribution in [0.15, 0.2) is 42.7 Å². The molecule has 0 aliphatic carbocycles. The number of nitrogens with zero attached hydrogens (tertiary/aromatic N) is 2. The maximum absolute atomic E-state index is 4.28. The van der Waals surface area contributed by atoms with E-state index in [0.717, 1.165) is 28.8 Å². The van der Waals surface area contributed by atoms with Crippen molar-refractivity contribution >= 4 is 16.6 Å². The maximum atomic E-state index is 4.28. The van der Waals surface area contributed by atoms with Gasteiger partial charge in [-0.1, -0.05) is 6.07 Å². The topological polar surface area (TPSA) is 53.6 Å². The molecule has 0 fully saturated rings. The molecule has 3 aromatic rings. The highest BCUT2D eigenvalue weighted by atomic mass is 15.1. The number of hydrogen-bond donors (Lipinski definition) is 2. The Kier molecular flexibility index (Phi) is 2.68. The fourth-order valence-electron chi connectivity index (χ4n) is 1.86. The van der Waals surface area contributed by atoms with Crippen molar-refractivity contribution in [3.05, 3.63) is 54.0 Å². The second-order valence-electron chi connectivity index (χ2n) is 4.33. The van der Waals surface area contributed by atoms with Crippen LogP contribution >= 0.6 is 0 Å². The summed E-state index contributed by atoms with van der Waals surface area (Å²) in [7, 11) is 0. The lowest BCUT2D eigenvalue weighted by Gasteiger charge is -2.06. The third-order valence-electron chi connectivity index (χ3n) is 2.91. The van der Waals surface area contributed by atoms with Crippen molar-refractivity contribution in [1.82, 2.24) is 15.2 Å². The van der Waals surface area contributed by atoms with E-state index in [1.54, 1.807) is 0 Å². The van der Waals surface area contributed by atoms with Crippen LogP contribution in [0.5, 0.6) is 0 Å². The number of rotatable bonds is 3. The van der Waals surface area contributed by atoms with Gasteiger partial charge in [0.2, 0.25) is 0 Å². The molecule has 0 radical (unpaired) electrons. The van der Waals surface area contributed by atoms with Crippen molar-refractivity contribution in [3.63, 3.8) is 0 Å². The molecule has 2 N–H and O–H groups in total. The minimum atomic E-state index is 0.774. The molecule has 2 heterocycles. The molecule has 1 aromatic carbocycles. The smallest absolute Gasteiger partial charge is 0.0651 e. The van der Waals surface area contributed by atoms with Crippen molar-refractivity contribution in [3.8, 4) is 0 Å². The summed E-state index contributed by atoms with van der Waals surface area (Å²) in [6, 6.07) is 10.3. The summed E-state index contributed by atoms with van der Waals surface area (Å²) in [4.78, 5) is 4.28. The molecule has 4 heteroatoms. The summed E-state index contributed by atoms with van der Waals surface area (Å²) >= 11 is 0. The summed E-state index contributed by atoms with van der Waals surface area (Å²) in [6.07, 6.45) is 3.73. The average Bonchev–Trinajstić information content (AvgIpc) is 2.85. The van der Waals surface area contributed by atoms with Crippen LogP contribution < -0.4 is 5.32 Å². The van der Waals surface area contributed by atoms with Crippen LogP contribution in [0.3, 0.4) is 0 Å². The number of aromatic amines is 1. The van der Waals surface area contributed by atoms with Gasteiger partial charge >= 0.3 is 0 Å². The number of aryl methyl sites for hydroxylation is 1. The standard InChI is InChI=1S/C14H14N4/c1-10-2-3-11(7-15-10)8-16-13-4-5-14-12(6-13)9-17-18-14/h2-7,9,16H,8H2,1H3,(H,17,18). The zero-order valence-electron chi connectivity index (χ0n) is 10.1. The van der Waals surface area contributed by atoms with Gasteiger partial charge in [-0.05, 0) is 36.8 Å². The summed E-state index contributed by atoms with van der Waals surface area (Å²) in [5, 5.41) is 11.4. The molecule has 0 saturated carbocycles. The lowest BCUT2D eigenvalue weighted by molar-refractivity contribution is 1.09. The van der Waals surface area contributed by atoms with E-state index in [9.17, 15) is 0 Å². The van der Waals surface area contributed by atoms with Gasteiger partial charge in [0.15, 0.2) is 0 Å². The number of benzene rings is 1. The molecule has 2 aromatic heterocycles. The van der Waals surface area contributed by atoms with E-state index >= 15 is 0 Å². The van der Waals surface area contributed by atoms with E-state index in [4.69, 9.17) is 0 Å². The Morgan fingerprint density at radius 2 is 2.11 bits per heavy atom. The molecule has 0 atom stereocenters. The first-order chi connectivity index (χ1) is 8.81. The fourth-order valence-corrected chi connectivity index (χ4v) is 1.86. The molecule has 0 bridgehead atoms. The molecule has 4 nitrogen and oxygen atoms in total. The van der Waals surface area contributed by atoms with Gasteiger partial charge < -0.3 is 5.32 Å². The number of pyridine rings is 1. The molecule has 18 heavy (non-hydrogen) atoms. The normalized spacial score (nSPS) is 10.7. The number of hydrogen-bond acceptors (Lipinski definition) is 3. The third-order valence-corrected chi connectivity index (χ3v) is 2.91. The van der Waals surface area contributed by atoms with Gasteiger partial charge in [-0.3, -0.25) is 10.1 Å². The number of aromatic nitrogens is 3. The molecular formula is C14H14N4. The quantitative estimate of drug-likeness (QED) is 0.737. The molecule has 90 valence electrons. The maximum Gasteiger partial charge on any atom is 0.0651 e. The van der Waals surface area contributed by atoms with Crippen LogP contribution in [0.25, 0.3) is 10.9 Å². The summed E-state index contributed by atoms with van der Waals surface area (Å²) in [5.41, 5.74) is 4.36. The molecule has 3 rings (SSSR count). The highest BCUT2D eigenvalue weighted by Gasteiger charge is 1.98. The zero-order valence-corrected chi connectivity index (χ0v) is 10.1. The SMILES string of the molecule is Cc1ccc(CNc2ccc3[nH]ncc3c2)cn1. The van der Waals surface area contributed by atoms with Crippen molar-refractivity contribution in [2.45, 2.75) is 13.5 Å². The molecule has 0 saturated heterocycles. The van der Waals surface area contributed by atoms with Crippen molar-refractivity contribution in [2.75, 3.05) is 5.32 Å². The van der Waals surface area contributed by atoms with Crippen LogP contribution in [0.1, 0.15) is 11.3 Å². The average molecular weight is 238 g/mol. The lowest BCUT2D eigenvalue weighted by Crippen LogP contribution is -1.99. The number of anilines is 1. The van der Waals surface area contributed by atoms with Crippen LogP contribution in [0.2, 0.25) is 0 Å². The first-order valence-electron chi connectivity index (χ1n) is 5.90. The monoisotopic (exact) mass is 238 g/mol. The number of H-pyrrole nitrogens is 1. The van der Waals surface area contributed by atoms with Gasteiger partial charge in [0.05, 0.1) is 11.7 Å². The van der Waals surface area contributed by atoms with Gasteiger partial charge in [-0.25, -0.2) is 0 Å². The first kappa shape index (κ1) is 10.8. The molecular weight excluding hydrogens is 224 g/mol. The van der Waals surface area contributed by atoms with Crippen molar-refractivity contribution < 1.29 is 0 Å². The number of fused-ring (bicyclic) bond motifs is 1. The van der Waals surface area contributed by atoms with Crippen molar-refractivity contribution in [2.24, 2.45) is 0 Å². The Balaban J connectivity index is 1.74. The Morgan fingerprint density at radius 3 is 2.94 bits per heavy atom. The minimum Gasteiger partial charge on any atom is -0.381 e. The highest BCUT2D eigenvalue weighted by Crippen LogP contribution is 2.17. The van der Waals surface area contributed by atoms with E-state index < -0.39 is 0 Å². The molecule has 0 amide bonds. The summed E-state index contributed by atoms with van der Waals surface area (Å²) in [5.74, 6) is 0. The van der Waals surface area contributed by atoms with Gasteiger partial charge in [0.1, 0.15) is 0 Å². The second-order valence-corrected chi connectivity index (χ2v) is 4.33. The Morgan fingerprint density at radius 1 is 1.17 bits per heavy atom. The Hall–Kier alpha value is -2.36. The molecule has 0 aliphatic heterocycles. The number of nitrogens with one attached hydrogen (secondary N) is 2. The van der Waals surface area contributed by atoms with E-state index in [0.29, 0.717) is 0 Å². The fraction of sp³-hybridized carbons (Fsp3) is 0.143. The van der Waals surface area contributed by atoms with E-state index in [1.807, 2.05) is 37.5 Å². The van der Waals surface area contributed by atoms with Crippen LogP contribution in [-0.2, 0) is 6.54 Å². The second kappa shape index (κ2) is 4.49. The third kappa shape index (κ3) is 2.18. The van der Waals surface area contributed by atoms with E-state index in [-0.39, 0.29) is 0 Å². The van der Waals surface area contributed by atoms with Crippen LogP contribution in [0, 0.1) is 6.92 Å². The molecule has 0 aliphatic rings. The molecule has 0 unspecified atom stereocenters. The molecule has 0 spiro atoms. The summed E-state index contributed by atoms with van der Waals surface area (Å²) < 4.78 is 0. The first-order valence-corrected chi connectivity index (χ1v) is 5.90.